The average molecular weight is 239 g/mol. The van der Waals surface area contributed by atoms with Crippen LogP contribution in [0.25, 0.3) is 10.8 Å². The Kier molecular flexibility index (Phi) is 2.79. The number of esters is 1. The van der Waals surface area contributed by atoms with Crippen LogP contribution in [0.4, 0.5) is 4.39 Å². The highest BCUT2D eigenvalue weighted by molar-refractivity contribution is 6.31. The zero-order chi connectivity index (χ0) is 11.7. The van der Waals surface area contributed by atoms with Gasteiger partial charge in [-0.25, -0.2) is 9.18 Å². The summed E-state index contributed by atoms with van der Waals surface area (Å²) < 4.78 is 18.2. The van der Waals surface area contributed by atoms with E-state index in [-0.39, 0.29) is 5.56 Å². The van der Waals surface area contributed by atoms with E-state index < -0.39 is 11.8 Å². The molecular weight excluding hydrogens is 231 g/mol. The molecule has 0 atom stereocenters. The minimum Gasteiger partial charge on any atom is -0.465 e. The Morgan fingerprint density at radius 3 is 2.75 bits per heavy atom. The van der Waals surface area contributed by atoms with Crippen LogP contribution in [0, 0.1) is 5.82 Å². The molecule has 0 amide bonds. The Hall–Kier alpha value is -1.61. The van der Waals surface area contributed by atoms with E-state index in [0.29, 0.717) is 15.8 Å². The predicted octanol–water partition coefficient (Wildman–Crippen LogP) is 3.42. The van der Waals surface area contributed by atoms with Crippen LogP contribution in [0.5, 0.6) is 0 Å². The average Bonchev–Trinajstić information content (AvgIpc) is 2.28. The summed E-state index contributed by atoms with van der Waals surface area (Å²) in [6.07, 6.45) is 0. The van der Waals surface area contributed by atoms with Crippen LogP contribution in [-0.2, 0) is 4.74 Å². The van der Waals surface area contributed by atoms with Gasteiger partial charge in [-0.1, -0.05) is 17.7 Å². The SMILES string of the molecule is COC(=O)c1cc(F)c2cc(Cl)ccc2c1. The standard InChI is InChI=1S/C12H8ClFO2/c1-16-12(15)8-4-7-2-3-9(13)6-10(7)11(14)5-8/h2-6H,1H3. The van der Waals surface area contributed by atoms with E-state index >= 15 is 0 Å². The topological polar surface area (TPSA) is 26.3 Å². The summed E-state index contributed by atoms with van der Waals surface area (Å²) >= 11 is 5.76. The summed E-state index contributed by atoms with van der Waals surface area (Å²) in [7, 11) is 1.26. The fraction of sp³-hybridized carbons (Fsp3) is 0.0833. The first-order valence-corrected chi connectivity index (χ1v) is 4.97. The molecular formula is C12H8ClFO2. The van der Waals surface area contributed by atoms with E-state index in [1.165, 1.54) is 13.2 Å². The van der Waals surface area contributed by atoms with Crippen LogP contribution < -0.4 is 0 Å². The molecule has 0 aliphatic carbocycles. The monoisotopic (exact) mass is 238 g/mol. The van der Waals surface area contributed by atoms with Gasteiger partial charge >= 0.3 is 5.97 Å². The molecule has 2 aromatic rings. The van der Waals surface area contributed by atoms with Crippen LogP contribution in [0.3, 0.4) is 0 Å². The lowest BCUT2D eigenvalue weighted by molar-refractivity contribution is 0.0600. The Morgan fingerprint density at radius 2 is 2.06 bits per heavy atom. The second-order valence-corrected chi connectivity index (χ2v) is 3.75. The molecule has 0 aromatic heterocycles. The van der Waals surface area contributed by atoms with Crippen LogP contribution in [0.2, 0.25) is 5.02 Å². The molecule has 0 unspecified atom stereocenters. The van der Waals surface area contributed by atoms with E-state index in [0.717, 1.165) is 6.07 Å². The van der Waals surface area contributed by atoms with E-state index in [4.69, 9.17) is 11.6 Å². The smallest absolute Gasteiger partial charge is 0.337 e. The third-order valence-corrected chi connectivity index (χ3v) is 2.52. The van der Waals surface area contributed by atoms with Crippen molar-refractivity contribution in [2.75, 3.05) is 7.11 Å². The summed E-state index contributed by atoms with van der Waals surface area (Å²) in [6.45, 7) is 0. The third-order valence-electron chi connectivity index (χ3n) is 2.29. The fourth-order valence-corrected chi connectivity index (χ4v) is 1.69. The maximum Gasteiger partial charge on any atom is 0.337 e. The van der Waals surface area contributed by atoms with E-state index in [9.17, 15) is 9.18 Å². The van der Waals surface area contributed by atoms with Crippen molar-refractivity contribution >= 4 is 28.3 Å². The van der Waals surface area contributed by atoms with Gasteiger partial charge in [-0.2, -0.15) is 0 Å². The molecule has 0 heterocycles. The van der Waals surface area contributed by atoms with Crippen molar-refractivity contribution in [3.63, 3.8) is 0 Å². The number of rotatable bonds is 1. The summed E-state index contributed by atoms with van der Waals surface area (Å²) in [5.74, 6) is -1.05. The molecule has 0 aliphatic rings. The molecule has 0 N–H and O–H groups in total. The molecule has 4 heteroatoms. The number of benzene rings is 2. The number of carbonyl (C=O) groups is 1. The molecule has 0 radical (unpaired) electrons. The van der Waals surface area contributed by atoms with E-state index in [1.807, 2.05) is 0 Å². The number of hydrogen-bond donors (Lipinski definition) is 0. The normalized spacial score (nSPS) is 10.4. The first kappa shape index (κ1) is 10.9. The fourth-order valence-electron chi connectivity index (χ4n) is 1.52. The number of fused-ring (bicyclic) bond motifs is 1. The minimum absolute atomic E-state index is 0.190. The molecule has 0 saturated carbocycles. The van der Waals surface area contributed by atoms with Gasteiger partial charge in [0.2, 0.25) is 0 Å². The van der Waals surface area contributed by atoms with Gasteiger partial charge in [0.15, 0.2) is 0 Å². The van der Waals surface area contributed by atoms with Crippen LogP contribution in [0.15, 0.2) is 30.3 Å². The van der Waals surface area contributed by atoms with Crippen molar-refractivity contribution in [2.24, 2.45) is 0 Å². The lowest BCUT2D eigenvalue weighted by Gasteiger charge is -2.04. The highest BCUT2D eigenvalue weighted by Gasteiger charge is 2.10. The molecule has 2 aromatic carbocycles. The zero-order valence-electron chi connectivity index (χ0n) is 8.46. The largest absolute Gasteiger partial charge is 0.465 e. The molecule has 0 spiro atoms. The Labute approximate surface area is 96.6 Å². The highest BCUT2D eigenvalue weighted by atomic mass is 35.5. The number of methoxy groups -OCH3 is 1. The predicted molar refractivity (Wildman–Crippen MR) is 60.3 cm³/mol. The van der Waals surface area contributed by atoms with Gasteiger partial charge < -0.3 is 4.74 Å². The van der Waals surface area contributed by atoms with Crippen molar-refractivity contribution in [3.05, 3.63) is 46.7 Å². The van der Waals surface area contributed by atoms with Gasteiger partial charge in [-0.3, -0.25) is 0 Å². The quantitative estimate of drug-likeness (QED) is 0.712. The van der Waals surface area contributed by atoms with Crippen LogP contribution >= 0.6 is 11.6 Å². The van der Waals surface area contributed by atoms with Crippen molar-refractivity contribution in [1.82, 2.24) is 0 Å². The summed E-state index contributed by atoms with van der Waals surface area (Å²) in [4.78, 5) is 11.3. The number of ether oxygens (including phenoxy) is 1. The van der Waals surface area contributed by atoms with Crippen LogP contribution in [-0.4, -0.2) is 13.1 Å². The van der Waals surface area contributed by atoms with Gasteiger partial charge in [0.25, 0.3) is 0 Å². The zero-order valence-corrected chi connectivity index (χ0v) is 9.22. The van der Waals surface area contributed by atoms with Crippen molar-refractivity contribution in [1.29, 1.82) is 0 Å². The molecule has 2 nitrogen and oxygen atoms in total. The van der Waals surface area contributed by atoms with Gasteiger partial charge in [0, 0.05) is 10.4 Å². The van der Waals surface area contributed by atoms with Crippen LogP contribution in [0.1, 0.15) is 10.4 Å². The summed E-state index contributed by atoms with van der Waals surface area (Å²) in [5.41, 5.74) is 0.190. The van der Waals surface area contributed by atoms with Crippen molar-refractivity contribution in [2.45, 2.75) is 0 Å². The molecule has 0 fully saturated rings. The van der Waals surface area contributed by atoms with Crippen molar-refractivity contribution in [3.8, 4) is 0 Å². The van der Waals surface area contributed by atoms with Gasteiger partial charge in [-0.05, 0) is 29.7 Å². The summed E-state index contributed by atoms with van der Waals surface area (Å²) in [5, 5.41) is 1.46. The first-order chi connectivity index (χ1) is 7.61. The lowest BCUT2D eigenvalue weighted by atomic mass is 10.1. The second kappa shape index (κ2) is 4.10. The van der Waals surface area contributed by atoms with Gasteiger partial charge in [-0.15, -0.1) is 0 Å². The third kappa shape index (κ3) is 1.86. The number of carbonyl (C=O) groups excluding carboxylic acids is 1. The Bertz CT molecular complexity index is 566. The molecule has 16 heavy (non-hydrogen) atoms. The first-order valence-electron chi connectivity index (χ1n) is 4.59. The Morgan fingerprint density at radius 1 is 1.31 bits per heavy atom. The second-order valence-electron chi connectivity index (χ2n) is 3.32. The molecule has 0 bridgehead atoms. The molecule has 82 valence electrons. The highest BCUT2D eigenvalue weighted by Crippen LogP contribution is 2.23. The van der Waals surface area contributed by atoms with E-state index in [2.05, 4.69) is 4.74 Å². The summed E-state index contributed by atoms with van der Waals surface area (Å²) in [6, 6.07) is 7.54. The maximum absolute atomic E-state index is 13.7. The minimum atomic E-state index is -0.559. The lowest BCUT2D eigenvalue weighted by Crippen LogP contribution is -2.01. The van der Waals surface area contributed by atoms with Gasteiger partial charge in [0.05, 0.1) is 12.7 Å². The van der Waals surface area contributed by atoms with E-state index in [1.54, 1.807) is 18.2 Å². The molecule has 0 aliphatic heterocycles. The number of halogens is 2. The molecule has 0 saturated heterocycles. The maximum atomic E-state index is 13.7. The van der Waals surface area contributed by atoms with Crippen molar-refractivity contribution < 1.29 is 13.9 Å². The molecule has 2 rings (SSSR count). The van der Waals surface area contributed by atoms with Gasteiger partial charge in [0.1, 0.15) is 5.82 Å². The number of hydrogen-bond acceptors (Lipinski definition) is 2. The Balaban J connectivity index is 2.68.